The number of anilines is 1. The fraction of sp³-hybridized carbons (Fsp3) is 0.474. The highest BCUT2D eigenvalue weighted by Crippen LogP contribution is 2.41. The summed E-state index contributed by atoms with van der Waals surface area (Å²) in [6.07, 6.45) is 1.02. The molecular weight excluding hydrogens is 506 g/mol. The Bertz CT molecular complexity index is 1060. The van der Waals surface area contributed by atoms with Gasteiger partial charge in [-0.05, 0) is 11.8 Å². The van der Waals surface area contributed by atoms with Crippen molar-refractivity contribution in [3.63, 3.8) is 0 Å². The number of carbonyl (C=O) groups excluding carboxylic acids is 4. The zero-order valence-electron chi connectivity index (χ0n) is 18.5. The van der Waals surface area contributed by atoms with Gasteiger partial charge in [-0.2, -0.15) is 11.8 Å². The molecule has 0 saturated carbocycles. The van der Waals surface area contributed by atoms with Crippen molar-refractivity contribution in [2.75, 3.05) is 23.5 Å². The van der Waals surface area contributed by atoms with Crippen LogP contribution in [0.1, 0.15) is 26.0 Å². The number of nitrogens with two attached hydrogens (primary N) is 1. The second-order valence-electron chi connectivity index (χ2n) is 7.12. The normalized spacial score (nSPS) is 20.9. The molecule has 2 amide bonds. The van der Waals surface area contributed by atoms with Crippen LogP contribution in [0.15, 0.2) is 21.8 Å². The molecule has 1 fully saturated rings. The van der Waals surface area contributed by atoms with Gasteiger partial charge in [0.15, 0.2) is 10.8 Å². The second-order valence-corrected chi connectivity index (χ2v) is 9.98. The smallest absolute Gasteiger partial charge is 0.358 e. The first kappa shape index (κ1) is 25.8. The van der Waals surface area contributed by atoms with Crippen molar-refractivity contribution in [1.29, 1.82) is 0 Å². The summed E-state index contributed by atoms with van der Waals surface area (Å²) >= 11 is 3.93. The van der Waals surface area contributed by atoms with Crippen LogP contribution in [-0.2, 0) is 28.7 Å². The first-order chi connectivity index (χ1) is 16.2. The molecule has 2 aliphatic rings. The third kappa shape index (κ3) is 5.31. The number of ether oxygens (including phenoxy) is 2. The molecule has 15 heteroatoms. The van der Waals surface area contributed by atoms with E-state index in [2.05, 4.69) is 15.5 Å². The number of nitrogens with zero attached hydrogens (tertiary/aromatic N) is 3. The minimum atomic E-state index is -1.08. The van der Waals surface area contributed by atoms with Crippen LogP contribution in [0.2, 0.25) is 0 Å². The summed E-state index contributed by atoms with van der Waals surface area (Å²) in [7, 11) is 0. The molecular formula is C19H23N5O7S3. The van der Waals surface area contributed by atoms with Crippen molar-refractivity contribution >= 4 is 69.5 Å². The van der Waals surface area contributed by atoms with E-state index in [0.29, 0.717) is 17.1 Å². The third-order valence-corrected chi connectivity index (χ3v) is 7.45. The summed E-state index contributed by atoms with van der Waals surface area (Å²) in [6.45, 7) is 2.90. The van der Waals surface area contributed by atoms with Crippen LogP contribution < -0.4 is 11.1 Å². The van der Waals surface area contributed by atoms with Gasteiger partial charge in [-0.25, -0.2) is 9.78 Å². The number of nitrogens with one attached hydrogen (secondary N) is 1. The van der Waals surface area contributed by atoms with Crippen molar-refractivity contribution in [2.24, 2.45) is 5.16 Å². The maximum Gasteiger partial charge on any atom is 0.358 e. The van der Waals surface area contributed by atoms with Gasteiger partial charge in [0, 0.05) is 30.2 Å². The summed E-state index contributed by atoms with van der Waals surface area (Å²) in [4.78, 5) is 55.1. The summed E-state index contributed by atoms with van der Waals surface area (Å²) < 4.78 is 10.3. The van der Waals surface area contributed by atoms with E-state index in [1.807, 2.05) is 6.26 Å². The van der Waals surface area contributed by atoms with Gasteiger partial charge in [-0.3, -0.25) is 19.3 Å². The zero-order valence-corrected chi connectivity index (χ0v) is 20.9. The Morgan fingerprint density at radius 2 is 2.18 bits per heavy atom. The summed E-state index contributed by atoms with van der Waals surface area (Å²) in [5.41, 5.74) is 6.04. The van der Waals surface area contributed by atoms with E-state index in [4.69, 9.17) is 15.2 Å². The fourth-order valence-corrected chi connectivity index (χ4v) is 5.94. The van der Waals surface area contributed by atoms with Gasteiger partial charge in [0.1, 0.15) is 22.8 Å². The van der Waals surface area contributed by atoms with E-state index in [1.165, 1.54) is 40.7 Å². The minimum absolute atomic E-state index is 0.0740. The predicted octanol–water partition coefficient (Wildman–Crippen LogP) is 0.763. The standard InChI is InChI=1S/C19H23N5O7S3/c1-4-11(30-8(2)25)31-18(28)14-9(5-32-3)6-33-17-13(16(27)24(14)17)22-15(26)12(23-29)10-7-34-19(20)21-10/h7,11,13,17,29H,4-6H2,1-3H3,(H2,20,21)(H,22,26)/t11?,13?,17-/m1/s1. The topological polar surface area (TPSA) is 174 Å². The summed E-state index contributed by atoms with van der Waals surface area (Å²) in [6, 6.07) is -0.959. The number of nitrogen functional groups attached to an aromatic ring is 1. The number of fused-ring (bicyclic) bond motifs is 1. The number of thioether (sulfide) groups is 2. The van der Waals surface area contributed by atoms with Crippen LogP contribution >= 0.6 is 34.9 Å². The molecule has 1 aromatic heterocycles. The number of amides is 2. The molecule has 12 nitrogen and oxygen atoms in total. The molecule has 1 saturated heterocycles. The molecule has 2 unspecified atom stereocenters. The van der Waals surface area contributed by atoms with Crippen molar-refractivity contribution in [3.8, 4) is 0 Å². The Hall–Kier alpha value is -2.78. The molecule has 3 heterocycles. The Labute approximate surface area is 207 Å². The van der Waals surface area contributed by atoms with Crippen LogP contribution in [0.5, 0.6) is 0 Å². The quantitative estimate of drug-likeness (QED) is 0.103. The molecule has 0 spiro atoms. The number of hydrogen-bond acceptors (Lipinski definition) is 13. The number of esters is 2. The van der Waals surface area contributed by atoms with E-state index in [9.17, 15) is 24.4 Å². The van der Waals surface area contributed by atoms with Crippen molar-refractivity contribution in [2.45, 2.75) is 38.0 Å². The van der Waals surface area contributed by atoms with Crippen LogP contribution in [0, 0.1) is 0 Å². The average molecular weight is 530 g/mol. The highest BCUT2D eigenvalue weighted by Gasteiger charge is 2.54. The monoisotopic (exact) mass is 529 g/mol. The molecule has 0 aliphatic carbocycles. The Balaban J connectivity index is 1.78. The van der Waals surface area contributed by atoms with Crippen LogP contribution in [0.25, 0.3) is 0 Å². The lowest BCUT2D eigenvalue weighted by Gasteiger charge is -2.49. The molecule has 2 aliphatic heterocycles. The van der Waals surface area contributed by atoms with E-state index in [-0.39, 0.29) is 28.7 Å². The molecule has 3 rings (SSSR count). The molecule has 4 N–H and O–H groups in total. The van der Waals surface area contributed by atoms with Crippen LogP contribution in [0.4, 0.5) is 5.13 Å². The second kappa shape index (κ2) is 11.1. The third-order valence-electron chi connectivity index (χ3n) is 4.79. The van der Waals surface area contributed by atoms with Gasteiger partial charge >= 0.3 is 11.9 Å². The zero-order chi connectivity index (χ0) is 25.0. The predicted molar refractivity (Wildman–Crippen MR) is 127 cm³/mol. The van der Waals surface area contributed by atoms with Crippen LogP contribution in [-0.4, -0.2) is 80.0 Å². The van der Waals surface area contributed by atoms with Gasteiger partial charge in [0.2, 0.25) is 6.29 Å². The first-order valence-electron chi connectivity index (χ1n) is 9.99. The lowest BCUT2D eigenvalue weighted by Crippen LogP contribution is -2.71. The van der Waals surface area contributed by atoms with E-state index >= 15 is 0 Å². The van der Waals surface area contributed by atoms with Crippen molar-refractivity contribution < 1.29 is 33.9 Å². The van der Waals surface area contributed by atoms with Gasteiger partial charge < -0.3 is 25.7 Å². The molecule has 0 aromatic carbocycles. The maximum absolute atomic E-state index is 13.0. The number of oxime groups is 1. The van der Waals surface area contributed by atoms with Crippen molar-refractivity contribution in [1.82, 2.24) is 15.2 Å². The highest BCUT2D eigenvalue weighted by atomic mass is 32.2. The van der Waals surface area contributed by atoms with E-state index < -0.39 is 41.5 Å². The Morgan fingerprint density at radius 3 is 2.74 bits per heavy atom. The van der Waals surface area contributed by atoms with Crippen LogP contribution in [0.3, 0.4) is 0 Å². The number of carbonyl (C=O) groups is 4. The number of hydrogen-bond donors (Lipinski definition) is 3. The Kier molecular flexibility index (Phi) is 8.43. The maximum atomic E-state index is 13.0. The summed E-state index contributed by atoms with van der Waals surface area (Å²) in [5, 5.41) is 15.9. The van der Waals surface area contributed by atoms with Crippen molar-refractivity contribution in [3.05, 3.63) is 22.3 Å². The van der Waals surface area contributed by atoms with Gasteiger partial charge in [-0.1, -0.05) is 12.1 Å². The minimum Gasteiger partial charge on any atom is -0.425 e. The molecule has 1 aromatic rings. The van der Waals surface area contributed by atoms with Gasteiger partial charge in [0.05, 0.1) is 0 Å². The summed E-state index contributed by atoms with van der Waals surface area (Å²) in [5.74, 6) is -1.79. The van der Waals surface area contributed by atoms with Gasteiger partial charge in [0.25, 0.3) is 11.8 Å². The number of thiazole rings is 1. The number of β-lactam (4-membered cyclic amide) rings is 1. The average Bonchev–Trinajstić information content (AvgIpc) is 3.22. The Morgan fingerprint density at radius 1 is 1.44 bits per heavy atom. The molecule has 34 heavy (non-hydrogen) atoms. The van der Waals surface area contributed by atoms with E-state index in [0.717, 1.165) is 11.3 Å². The lowest BCUT2D eigenvalue weighted by molar-refractivity contribution is -0.186. The lowest BCUT2D eigenvalue weighted by atomic mass is 10.0. The molecule has 0 bridgehead atoms. The van der Waals surface area contributed by atoms with E-state index in [1.54, 1.807) is 6.92 Å². The molecule has 0 radical (unpaired) electrons. The number of aromatic nitrogens is 1. The molecule has 3 atom stereocenters. The highest BCUT2D eigenvalue weighted by molar-refractivity contribution is 8.00. The fourth-order valence-electron chi connectivity index (χ4n) is 3.33. The largest absolute Gasteiger partial charge is 0.425 e. The SMILES string of the molecule is CCC(OC(C)=O)OC(=O)C1=C(CSC)CS[C@@H]2C(NC(=O)C(=NO)c3csc(N)n3)C(=O)N12. The van der Waals surface area contributed by atoms with Gasteiger partial charge in [-0.15, -0.1) is 23.1 Å². The first-order valence-corrected chi connectivity index (χ1v) is 13.3. The molecule has 184 valence electrons. The number of rotatable bonds is 9.